The average Bonchev–Trinajstić information content (AvgIpc) is 3.09. The quantitative estimate of drug-likeness (QED) is 0.245. The van der Waals surface area contributed by atoms with Gasteiger partial charge in [0, 0.05) is 25.7 Å². The first-order valence-electron chi connectivity index (χ1n) is 16.6. The maximum atomic E-state index is 13.9. The average molecular weight is 679 g/mol. The second-order valence-corrected chi connectivity index (χ2v) is 12.8. The van der Waals surface area contributed by atoms with Gasteiger partial charge in [-0.25, -0.2) is 14.8 Å². The predicted molar refractivity (Wildman–Crippen MR) is 178 cm³/mol. The normalized spacial score (nSPS) is 18.7. The van der Waals surface area contributed by atoms with Crippen LogP contribution in [0.15, 0.2) is 48.8 Å². The minimum Gasteiger partial charge on any atom is -0.481 e. The van der Waals surface area contributed by atoms with Crippen molar-refractivity contribution >= 4 is 29.4 Å². The summed E-state index contributed by atoms with van der Waals surface area (Å²) in [5.74, 6) is -0.874. The molecular formula is C36H41F3N6O4. The van der Waals surface area contributed by atoms with Crippen molar-refractivity contribution in [2.45, 2.75) is 78.2 Å². The van der Waals surface area contributed by atoms with Gasteiger partial charge in [-0.15, -0.1) is 0 Å². The van der Waals surface area contributed by atoms with Crippen LogP contribution in [0.3, 0.4) is 0 Å². The van der Waals surface area contributed by atoms with Gasteiger partial charge in [0.1, 0.15) is 0 Å². The molecule has 1 saturated heterocycles. The molecule has 0 aliphatic carbocycles. The number of hydrogen-bond donors (Lipinski definition) is 1. The lowest BCUT2D eigenvalue weighted by Gasteiger charge is -2.44. The van der Waals surface area contributed by atoms with Crippen molar-refractivity contribution < 1.29 is 32.6 Å². The topological polar surface area (TPSA) is 123 Å². The first kappa shape index (κ1) is 35.4. The molecule has 13 heteroatoms. The van der Waals surface area contributed by atoms with Crippen molar-refractivity contribution in [2.75, 3.05) is 34.4 Å². The molecule has 10 nitrogen and oxygen atoms in total. The number of alkyl halides is 3. The van der Waals surface area contributed by atoms with Gasteiger partial charge in [0.2, 0.25) is 5.95 Å². The number of halogens is 3. The summed E-state index contributed by atoms with van der Waals surface area (Å²) in [6.07, 6.45) is 0.699. The third-order valence-corrected chi connectivity index (χ3v) is 9.66. The molecule has 1 amide bonds. The summed E-state index contributed by atoms with van der Waals surface area (Å²) in [6, 6.07) is 10.2. The molecule has 2 aromatic carbocycles. The zero-order valence-corrected chi connectivity index (χ0v) is 28.1. The molecule has 0 saturated carbocycles. The lowest BCUT2D eigenvalue weighted by Crippen LogP contribution is -2.48. The molecule has 1 aromatic heterocycles. The highest BCUT2D eigenvalue weighted by molar-refractivity contribution is 5.90. The van der Waals surface area contributed by atoms with E-state index in [1.54, 1.807) is 31.1 Å². The number of carbonyl (C=O) groups excluding carboxylic acids is 1. The van der Waals surface area contributed by atoms with Crippen LogP contribution in [0.4, 0.5) is 35.3 Å². The molecular weight excluding hydrogens is 637 g/mol. The number of benzene rings is 2. The van der Waals surface area contributed by atoms with E-state index in [1.165, 1.54) is 6.07 Å². The van der Waals surface area contributed by atoms with E-state index >= 15 is 0 Å². The number of anilines is 3. The molecule has 0 spiro atoms. The summed E-state index contributed by atoms with van der Waals surface area (Å²) >= 11 is 0. The monoisotopic (exact) mass is 678 g/mol. The molecule has 3 aromatic rings. The van der Waals surface area contributed by atoms with Crippen molar-refractivity contribution in [1.82, 2.24) is 9.97 Å². The highest BCUT2D eigenvalue weighted by Gasteiger charge is 2.40. The molecule has 1 unspecified atom stereocenters. The fourth-order valence-electron chi connectivity index (χ4n) is 6.95. The van der Waals surface area contributed by atoms with E-state index in [-0.39, 0.29) is 42.2 Å². The molecule has 3 atom stereocenters. The number of nitriles is 1. The smallest absolute Gasteiger partial charge is 0.416 e. The van der Waals surface area contributed by atoms with Gasteiger partial charge in [0.05, 0.1) is 59.5 Å². The van der Waals surface area contributed by atoms with Crippen molar-refractivity contribution in [3.8, 4) is 6.07 Å². The Labute approximate surface area is 284 Å². The van der Waals surface area contributed by atoms with E-state index in [1.807, 2.05) is 43.0 Å². The fourth-order valence-corrected chi connectivity index (χ4v) is 6.95. The van der Waals surface area contributed by atoms with Crippen LogP contribution in [0.2, 0.25) is 0 Å². The van der Waals surface area contributed by atoms with Crippen LogP contribution in [0.25, 0.3) is 0 Å². The number of aliphatic carboxylic acids is 1. The van der Waals surface area contributed by atoms with E-state index in [4.69, 9.17) is 14.7 Å². The number of amides is 1. The number of piperidine rings is 1. The Morgan fingerprint density at radius 3 is 2.41 bits per heavy atom. The molecule has 3 heterocycles. The van der Waals surface area contributed by atoms with Gasteiger partial charge in [0.15, 0.2) is 0 Å². The van der Waals surface area contributed by atoms with Gasteiger partial charge in [-0.05, 0) is 80.8 Å². The van der Waals surface area contributed by atoms with Gasteiger partial charge in [-0.2, -0.15) is 18.4 Å². The molecule has 1 fully saturated rings. The first-order chi connectivity index (χ1) is 23.3. The largest absolute Gasteiger partial charge is 0.481 e. The summed E-state index contributed by atoms with van der Waals surface area (Å²) < 4.78 is 47.2. The third kappa shape index (κ3) is 7.74. The highest BCUT2D eigenvalue weighted by atomic mass is 19.4. The minimum absolute atomic E-state index is 0.0374. The predicted octanol–water partition coefficient (Wildman–Crippen LogP) is 7.51. The Morgan fingerprint density at radius 1 is 1.12 bits per heavy atom. The van der Waals surface area contributed by atoms with Gasteiger partial charge in [-0.3, -0.25) is 9.69 Å². The van der Waals surface area contributed by atoms with Gasteiger partial charge in [-0.1, -0.05) is 31.5 Å². The highest BCUT2D eigenvalue weighted by Crippen LogP contribution is 2.44. The van der Waals surface area contributed by atoms with E-state index in [2.05, 4.69) is 4.90 Å². The van der Waals surface area contributed by atoms with Crippen molar-refractivity contribution in [2.24, 2.45) is 11.8 Å². The van der Waals surface area contributed by atoms with Gasteiger partial charge < -0.3 is 19.6 Å². The molecule has 2 aliphatic heterocycles. The summed E-state index contributed by atoms with van der Waals surface area (Å²) in [7, 11) is 0. The summed E-state index contributed by atoms with van der Waals surface area (Å²) in [4.78, 5) is 39.8. The number of rotatable bonds is 9. The van der Waals surface area contributed by atoms with Crippen LogP contribution >= 0.6 is 0 Å². The number of ether oxygens (including phenoxy) is 1. The standard InChI is InChI=1S/C36H41F3N6O4/c1-5-28-17-32(30-13-22(3)7-8-31(30)45(28)35(48)49-6-2)44(21-25-14-24(18-40)15-27(16-25)36(37,38)39)34-41-19-29(20-42-34)43-11-9-26(10-12-43)23(4)33(46)47/h7-8,13-16,19-20,23,26,28,32H,5-6,9-12,17,21H2,1-4H3,(H,46,47)/t23?,28-,32+/m1/s1. The molecule has 1 N–H and O–H groups in total. The van der Waals surface area contributed by atoms with Crippen LogP contribution < -0.4 is 14.7 Å². The van der Waals surface area contributed by atoms with Crippen LogP contribution in [-0.4, -0.2) is 52.9 Å². The maximum Gasteiger partial charge on any atom is 0.416 e. The Balaban J connectivity index is 1.56. The van der Waals surface area contributed by atoms with E-state index in [0.717, 1.165) is 28.9 Å². The van der Waals surface area contributed by atoms with E-state index in [0.29, 0.717) is 44.5 Å². The number of aryl methyl sites for hydroxylation is 1. The molecule has 49 heavy (non-hydrogen) atoms. The van der Waals surface area contributed by atoms with Crippen molar-refractivity contribution in [3.63, 3.8) is 0 Å². The molecule has 0 bridgehead atoms. The molecule has 260 valence electrons. The zero-order valence-electron chi connectivity index (χ0n) is 28.1. The van der Waals surface area contributed by atoms with Gasteiger partial charge >= 0.3 is 18.2 Å². The van der Waals surface area contributed by atoms with Crippen LogP contribution in [0.1, 0.15) is 80.3 Å². The Bertz CT molecular complexity index is 1700. The van der Waals surface area contributed by atoms with Gasteiger partial charge in [0.25, 0.3) is 0 Å². The van der Waals surface area contributed by atoms with Crippen molar-refractivity contribution in [1.29, 1.82) is 5.26 Å². The summed E-state index contributed by atoms with van der Waals surface area (Å²) in [5.41, 5.74) is 2.37. The number of aromatic nitrogens is 2. The SMILES string of the molecule is CCOC(=O)N1c2ccc(C)cc2[C@@H](N(Cc2cc(C#N)cc(C(F)(F)F)c2)c2ncc(N3CCC(C(C)C(=O)O)CC3)cn2)C[C@H]1CC. The molecule has 2 aliphatic rings. The number of carbonyl (C=O) groups is 2. The van der Waals surface area contributed by atoms with Crippen LogP contribution in [0.5, 0.6) is 0 Å². The van der Waals surface area contributed by atoms with E-state index in [9.17, 15) is 33.1 Å². The summed E-state index contributed by atoms with van der Waals surface area (Å²) in [5, 5.41) is 19.0. The lowest BCUT2D eigenvalue weighted by atomic mass is 9.85. The molecule has 5 rings (SSSR count). The maximum absolute atomic E-state index is 13.9. The number of fused-ring (bicyclic) bond motifs is 1. The third-order valence-electron chi connectivity index (χ3n) is 9.66. The lowest BCUT2D eigenvalue weighted by molar-refractivity contribution is -0.143. The Morgan fingerprint density at radius 2 is 1.82 bits per heavy atom. The zero-order chi connectivity index (χ0) is 35.5. The number of hydrogen-bond acceptors (Lipinski definition) is 8. The number of nitrogens with zero attached hydrogens (tertiary/aromatic N) is 6. The number of carboxylic acids is 1. The van der Waals surface area contributed by atoms with E-state index < -0.39 is 35.8 Å². The molecule has 0 radical (unpaired) electrons. The minimum atomic E-state index is -4.65. The fraction of sp³-hybridized carbons (Fsp3) is 0.472. The summed E-state index contributed by atoms with van der Waals surface area (Å²) in [6.45, 7) is 8.84. The van der Waals surface area contributed by atoms with Crippen LogP contribution in [0, 0.1) is 30.1 Å². The first-order valence-corrected chi connectivity index (χ1v) is 16.6. The second-order valence-electron chi connectivity index (χ2n) is 12.8. The van der Waals surface area contributed by atoms with Crippen molar-refractivity contribution in [3.05, 3.63) is 76.6 Å². The Hall–Kier alpha value is -4.86. The Kier molecular flexibility index (Phi) is 10.6. The van der Waals surface area contributed by atoms with Crippen LogP contribution in [-0.2, 0) is 22.3 Å². The second kappa shape index (κ2) is 14.7. The number of carboxylic acid groups (broad SMARTS) is 1.